The van der Waals surface area contributed by atoms with Crippen molar-refractivity contribution < 1.29 is 37.0 Å². The van der Waals surface area contributed by atoms with E-state index >= 15 is 0 Å². The molecule has 0 spiro atoms. The predicted octanol–water partition coefficient (Wildman–Crippen LogP) is 3.34. The molecule has 1 unspecified atom stereocenters. The molecule has 2 aromatic rings. The molecule has 1 heterocycles. The van der Waals surface area contributed by atoms with E-state index in [1.807, 2.05) is 0 Å². The van der Waals surface area contributed by atoms with Crippen molar-refractivity contribution in [2.75, 3.05) is 7.11 Å². The van der Waals surface area contributed by atoms with Gasteiger partial charge in [-0.05, 0) is 42.3 Å². The van der Waals surface area contributed by atoms with Crippen LogP contribution in [-0.4, -0.2) is 36.3 Å². The molecule has 0 aromatic heterocycles. The van der Waals surface area contributed by atoms with E-state index in [0.717, 1.165) is 17.0 Å². The number of methoxy groups -OCH3 is 1. The molecule has 30 heavy (non-hydrogen) atoms. The normalized spacial score (nSPS) is 18.9. The highest BCUT2D eigenvalue weighted by atomic mass is 19.4. The van der Waals surface area contributed by atoms with Crippen molar-refractivity contribution in [1.29, 1.82) is 0 Å². The largest absolute Gasteiger partial charge is 0.573 e. The van der Waals surface area contributed by atoms with Crippen molar-refractivity contribution in [1.82, 2.24) is 10.2 Å². The molecule has 3 rings (SSSR count). The number of hydrogen-bond acceptors (Lipinski definition) is 5. The number of nitrogens with zero attached hydrogens (tertiary/aromatic N) is 1. The topological polar surface area (TPSA) is 84.9 Å². The Morgan fingerprint density at radius 3 is 2.20 bits per heavy atom. The van der Waals surface area contributed by atoms with Crippen LogP contribution in [0.5, 0.6) is 5.75 Å². The summed E-state index contributed by atoms with van der Waals surface area (Å²) in [6, 6.07) is 10.3. The number of benzene rings is 2. The first kappa shape index (κ1) is 21.2. The molecular weight excluding hydrogens is 405 g/mol. The minimum atomic E-state index is -4.83. The lowest BCUT2D eigenvalue weighted by atomic mass is 9.92. The number of alkyl halides is 3. The van der Waals surface area contributed by atoms with Gasteiger partial charge in [-0.15, -0.1) is 13.2 Å². The average molecular weight is 422 g/mol. The number of urea groups is 1. The number of carbonyl (C=O) groups is 3. The Kier molecular flexibility index (Phi) is 5.43. The monoisotopic (exact) mass is 422 g/mol. The maximum atomic E-state index is 12.9. The van der Waals surface area contributed by atoms with E-state index in [1.165, 1.54) is 38.3 Å². The number of ether oxygens (including phenoxy) is 2. The molecular formula is C20H17F3N2O5. The second-order valence-corrected chi connectivity index (χ2v) is 6.71. The first-order valence-electron chi connectivity index (χ1n) is 8.71. The quantitative estimate of drug-likeness (QED) is 0.590. The van der Waals surface area contributed by atoms with Crippen LogP contribution in [0, 0.1) is 0 Å². The van der Waals surface area contributed by atoms with E-state index in [-0.39, 0.29) is 6.54 Å². The van der Waals surface area contributed by atoms with E-state index in [2.05, 4.69) is 14.8 Å². The summed E-state index contributed by atoms with van der Waals surface area (Å²) in [7, 11) is 1.26. The first-order chi connectivity index (χ1) is 14.0. The van der Waals surface area contributed by atoms with Gasteiger partial charge in [-0.2, -0.15) is 0 Å². The van der Waals surface area contributed by atoms with Gasteiger partial charge in [0.1, 0.15) is 11.3 Å². The van der Waals surface area contributed by atoms with E-state index in [1.54, 1.807) is 12.1 Å². The van der Waals surface area contributed by atoms with E-state index in [9.17, 15) is 27.6 Å². The first-order valence-corrected chi connectivity index (χ1v) is 8.71. The second kappa shape index (κ2) is 7.69. The fourth-order valence-electron chi connectivity index (χ4n) is 3.07. The van der Waals surface area contributed by atoms with Crippen molar-refractivity contribution in [3.63, 3.8) is 0 Å². The number of halogens is 3. The van der Waals surface area contributed by atoms with Crippen molar-refractivity contribution in [3.8, 4) is 5.75 Å². The molecule has 1 aliphatic rings. The number of esters is 1. The number of amides is 3. The molecule has 7 nitrogen and oxygen atoms in total. The smallest absolute Gasteiger partial charge is 0.465 e. The summed E-state index contributed by atoms with van der Waals surface area (Å²) in [6.45, 7) is 1.42. The number of imide groups is 1. The maximum Gasteiger partial charge on any atom is 0.573 e. The zero-order valence-electron chi connectivity index (χ0n) is 15.9. The summed E-state index contributed by atoms with van der Waals surface area (Å²) >= 11 is 0. The molecule has 0 saturated carbocycles. The van der Waals surface area contributed by atoms with Crippen LogP contribution in [0.4, 0.5) is 18.0 Å². The summed E-state index contributed by atoms with van der Waals surface area (Å²) in [6.07, 6.45) is -4.83. The zero-order valence-corrected chi connectivity index (χ0v) is 15.9. The standard InChI is InChI=1S/C20H17F3N2O5/c1-19(14-7-9-15(10-8-14)30-20(21,22)23)17(27)25(18(28)24-19)11-12-3-5-13(6-4-12)16(26)29-2/h3-10H,11H2,1-2H3,(H,24,28). The van der Waals surface area contributed by atoms with Gasteiger partial charge in [-0.3, -0.25) is 9.69 Å². The Bertz CT molecular complexity index is 973. The third-order valence-corrected chi connectivity index (χ3v) is 4.66. The molecule has 1 atom stereocenters. The molecule has 1 saturated heterocycles. The Hall–Kier alpha value is -3.56. The van der Waals surface area contributed by atoms with E-state index in [4.69, 9.17) is 0 Å². The highest BCUT2D eigenvalue weighted by Gasteiger charge is 2.49. The summed E-state index contributed by atoms with van der Waals surface area (Å²) < 4.78 is 45.4. The van der Waals surface area contributed by atoms with Crippen LogP contribution in [0.25, 0.3) is 0 Å². The molecule has 1 fully saturated rings. The van der Waals surface area contributed by atoms with Gasteiger partial charge in [-0.1, -0.05) is 24.3 Å². The van der Waals surface area contributed by atoms with Crippen molar-refractivity contribution in [2.45, 2.75) is 25.4 Å². The van der Waals surface area contributed by atoms with Gasteiger partial charge >= 0.3 is 18.4 Å². The number of rotatable bonds is 5. The molecule has 0 radical (unpaired) electrons. The van der Waals surface area contributed by atoms with Gasteiger partial charge < -0.3 is 14.8 Å². The highest BCUT2D eigenvalue weighted by molar-refractivity contribution is 6.07. The fourth-order valence-corrected chi connectivity index (χ4v) is 3.07. The van der Waals surface area contributed by atoms with Gasteiger partial charge in [-0.25, -0.2) is 9.59 Å². The molecule has 3 amide bonds. The lowest BCUT2D eigenvalue weighted by Crippen LogP contribution is -2.40. The minimum absolute atomic E-state index is 0.0447. The highest BCUT2D eigenvalue weighted by Crippen LogP contribution is 2.32. The van der Waals surface area contributed by atoms with Crippen LogP contribution in [0.1, 0.15) is 28.4 Å². The van der Waals surface area contributed by atoms with Crippen LogP contribution in [-0.2, 0) is 21.6 Å². The SMILES string of the molecule is COC(=O)c1ccc(CN2C(=O)NC(C)(c3ccc(OC(F)(F)F)cc3)C2=O)cc1. The van der Waals surface area contributed by atoms with Crippen LogP contribution in [0.2, 0.25) is 0 Å². The number of nitrogens with one attached hydrogen (secondary N) is 1. The maximum absolute atomic E-state index is 12.9. The van der Waals surface area contributed by atoms with Crippen LogP contribution in [0.15, 0.2) is 48.5 Å². The third kappa shape index (κ3) is 4.22. The number of carbonyl (C=O) groups excluding carboxylic acids is 3. The zero-order chi connectivity index (χ0) is 22.1. The molecule has 158 valence electrons. The van der Waals surface area contributed by atoms with Crippen molar-refractivity contribution >= 4 is 17.9 Å². The summed E-state index contributed by atoms with van der Waals surface area (Å²) in [5.41, 5.74) is -0.215. The predicted molar refractivity (Wildman–Crippen MR) is 97.3 cm³/mol. The van der Waals surface area contributed by atoms with Gasteiger partial charge in [0.25, 0.3) is 5.91 Å². The fraction of sp³-hybridized carbons (Fsp3) is 0.250. The third-order valence-electron chi connectivity index (χ3n) is 4.66. The molecule has 0 bridgehead atoms. The van der Waals surface area contributed by atoms with Crippen LogP contribution < -0.4 is 10.1 Å². The Morgan fingerprint density at radius 1 is 1.07 bits per heavy atom. The average Bonchev–Trinajstić information content (AvgIpc) is 2.91. The minimum Gasteiger partial charge on any atom is -0.465 e. The molecule has 2 aromatic carbocycles. The van der Waals surface area contributed by atoms with Gasteiger partial charge in [0.2, 0.25) is 0 Å². The van der Waals surface area contributed by atoms with E-state index < -0.39 is 35.6 Å². The summed E-state index contributed by atoms with van der Waals surface area (Å²) in [5.74, 6) is -1.51. The van der Waals surface area contributed by atoms with Crippen molar-refractivity contribution in [3.05, 3.63) is 65.2 Å². The molecule has 1 aliphatic heterocycles. The summed E-state index contributed by atoms with van der Waals surface area (Å²) in [4.78, 5) is 37.8. The molecule has 1 N–H and O–H groups in total. The van der Waals surface area contributed by atoms with E-state index in [0.29, 0.717) is 16.7 Å². The summed E-state index contributed by atoms with van der Waals surface area (Å²) in [5, 5.41) is 2.57. The van der Waals surface area contributed by atoms with Gasteiger partial charge in [0.05, 0.1) is 19.2 Å². The second-order valence-electron chi connectivity index (χ2n) is 6.71. The lowest BCUT2D eigenvalue weighted by Gasteiger charge is -2.22. The molecule has 0 aliphatic carbocycles. The number of hydrogen-bond donors (Lipinski definition) is 1. The Morgan fingerprint density at radius 2 is 1.67 bits per heavy atom. The lowest BCUT2D eigenvalue weighted by molar-refractivity contribution is -0.274. The van der Waals surface area contributed by atoms with Crippen LogP contribution in [0.3, 0.4) is 0 Å². The van der Waals surface area contributed by atoms with Gasteiger partial charge in [0, 0.05) is 0 Å². The van der Waals surface area contributed by atoms with Crippen molar-refractivity contribution in [2.24, 2.45) is 0 Å². The van der Waals surface area contributed by atoms with Crippen LogP contribution >= 0.6 is 0 Å². The van der Waals surface area contributed by atoms with Gasteiger partial charge in [0.15, 0.2) is 0 Å². The Labute approximate surface area is 169 Å². The molecule has 10 heteroatoms. The Balaban J connectivity index is 1.77.